The number of amides is 3. The second kappa shape index (κ2) is 9.30. The van der Waals surface area contributed by atoms with E-state index in [9.17, 15) is 19.5 Å². The highest BCUT2D eigenvalue weighted by atomic mass is 16.5. The van der Waals surface area contributed by atoms with Gasteiger partial charge in [-0.25, -0.2) is 0 Å². The zero-order valence-electron chi connectivity index (χ0n) is 19.7. The third kappa shape index (κ3) is 3.81. The number of carbonyl (C=O) groups is 3. The van der Waals surface area contributed by atoms with Crippen molar-refractivity contribution in [1.82, 2.24) is 15.5 Å². The maximum atomic E-state index is 13.7. The smallest absolute Gasteiger partial charge is 0.246 e. The monoisotopic (exact) mass is 469 g/mol. The SMILES string of the molecule is C[C@H](CO)N1C(=O)[C@@H]2[C@@H](C(=O)NCc3ccccc3)[C@H]3CCC2(O3)C1C(=O)NC1CCCCC1. The van der Waals surface area contributed by atoms with Crippen molar-refractivity contribution in [2.75, 3.05) is 6.61 Å². The van der Waals surface area contributed by atoms with E-state index in [1.54, 1.807) is 6.92 Å². The van der Waals surface area contributed by atoms with E-state index in [1.165, 1.54) is 11.3 Å². The molecule has 1 aromatic rings. The minimum absolute atomic E-state index is 0.0988. The van der Waals surface area contributed by atoms with Gasteiger partial charge >= 0.3 is 0 Å². The molecule has 1 saturated carbocycles. The van der Waals surface area contributed by atoms with E-state index in [2.05, 4.69) is 10.6 Å². The van der Waals surface area contributed by atoms with Crippen molar-refractivity contribution in [1.29, 1.82) is 0 Å². The van der Waals surface area contributed by atoms with Gasteiger partial charge < -0.3 is 25.4 Å². The normalized spacial score (nSPS) is 33.6. The zero-order chi connectivity index (χ0) is 23.9. The number of fused-ring (bicyclic) bond motifs is 1. The average molecular weight is 470 g/mol. The Morgan fingerprint density at radius 1 is 1.15 bits per heavy atom. The summed E-state index contributed by atoms with van der Waals surface area (Å²) in [6.07, 6.45) is 6.05. The van der Waals surface area contributed by atoms with Gasteiger partial charge in [0, 0.05) is 12.6 Å². The third-order valence-electron chi connectivity index (χ3n) is 8.29. The van der Waals surface area contributed by atoms with E-state index < -0.39 is 29.5 Å². The fraction of sp³-hybridized carbons (Fsp3) is 0.654. The van der Waals surface area contributed by atoms with Crippen LogP contribution in [0.4, 0.5) is 0 Å². The van der Waals surface area contributed by atoms with Crippen LogP contribution in [0.2, 0.25) is 0 Å². The largest absolute Gasteiger partial charge is 0.394 e. The summed E-state index contributed by atoms with van der Waals surface area (Å²) in [5, 5.41) is 16.1. The van der Waals surface area contributed by atoms with E-state index in [0.717, 1.165) is 31.2 Å². The van der Waals surface area contributed by atoms with Crippen LogP contribution in [-0.2, 0) is 25.7 Å². The van der Waals surface area contributed by atoms with Crippen LogP contribution < -0.4 is 10.6 Å². The Bertz CT molecular complexity index is 934. The highest BCUT2D eigenvalue weighted by Gasteiger charge is 2.74. The van der Waals surface area contributed by atoms with Crippen LogP contribution in [0.3, 0.4) is 0 Å². The number of nitrogens with zero attached hydrogens (tertiary/aromatic N) is 1. The number of likely N-dealkylation sites (tertiary alicyclic amines) is 1. The van der Waals surface area contributed by atoms with Crippen LogP contribution in [0.1, 0.15) is 57.4 Å². The van der Waals surface area contributed by atoms with Crippen molar-refractivity contribution in [3.63, 3.8) is 0 Å². The first-order valence-electron chi connectivity index (χ1n) is 12.7. The lowest BCUT2D eigenvalue weighted by Gasteiger charge is -2.37. The van der Waals surface area contributed by atoms with Crippen LogP contribution in [0.5, 0.6) is 0 Å². The quantitative estimate of drug-likeness (QED) is 0.561. The van der Waals surface area contributed by atoms with Gasteiger partial charge in [0.2, 0.25) is 17.7 Å². The maximum Gasteiger partial charge on any atom is 0.246 e. The van der Waals surface area contributed by atoms with Gasteiger partial charge in [-0.2, -0.15) is 0 Å². The number of benzene rings is 1. The van der Waals surface area contributed by atoms with Crippen molar-refractivity contribution >= 4 is 17.7 Å². The summed E-state index contributed by atoms with van der Waals surface area (Å²) in [5.74, 6) is -2.02. The number of nitrogens with one attached hydrogen (secondary N) is 2. The molecule has 6 atom stereocenters. The summed E-state index contributed by atoms with van der Waals surface area (Å²) in [5.41, 5.74) is -0.0359. The molecule has 1 spiro atoms. The highest BCUT2D eigenvalue weighted by Crippen LogP contribution is 2.58. The first-order valence-corrected chi connectivity index (χ1v) is 12.7. The molecule has 2 bridgehead atoms. The molecule has 0 radical (unpaired) electrons. The summed E-state index contributed by atoms with van der Waals surface area (Å²) in [6.45, 7) is 1.86. The number of aliphatic hydroxyl groups excluding tert-OH is 1. The summed E-state index contributed by atoms with van der Waals surface area (Å²) < 4.78 is 6.42. The van der Waals surface area contributed by atoms with Crippen molar-refractivity contribution in [3.05, 3.63) is 35.9 Å². The summed E-state index contributed by atoms with van der Waals surface area (Å²) in [6, 6.07) is 8.37. The Kier molecular flexibility index (Phi) is 6.37. The van der Waals surface area contributed by atoms with Gasteiger partial charge in [0.15, 0.2) is 0 Å². The molecule has 34 heavy (non-hydrogen) atoms. The predicted octanol–water partition coefficient (Wildman–Crippen LogP) is 1.51. The van der Waals surface area contributed by atoms with Crippen LogP contribution in [-0.4, -0.2) is 64.2 Å². The van der Waals surface area contributed by atoms with Gasteiger partial charge in [-0.05, 0) is 38.2 Å². The van der Waals surface area contributed by atoms with Crippen molar-refractivity contribution in [2.45, 2.75) is 88.2 Å². The standard InChI is InChI=1S/C26H35N3O5/c1-16(15-30)29-22(24(32)28-18-10-6-3-7-11-18)26-13-12-19(34-26)20(21(26)25(29)33)23(31)27-14-17-8-4-2-5-9-17/h2,4-5,8-9,16,18-22,30H,3,6-7,10-15H2,1H3,(H,27,31)(H,28,32)/t16-,19-,20+,21+,22?,26?/m1/s1. The van der Waals surface area contributed by atoms with Gasteiger partial charge in [-0.3, -0.25) is 14.4 Å². The number of carbonyl (C=O) groups excluding carboxylic acids is 3. The molecule has 4 aliphatic rings. The molecule has 3 N–H and O–H groups in total. The molecule has 0 aromatic heterocycles. The van der Waals surface area contributed by atoms with Gasteiger partial charge in [0.25, 0.3) is 0 Å². The maximum absolute atomic E-state index is 13.7. The predicted molar refractivity (Wildman–Crippen MR) is 124 cm³/mol. The highest BCUT2D eigenvalue weighted by molar-refractivity contribution is 5.99. The van der Waals surface area contributed by atoms with Crippen molar-refractivity contribution in [3.8, 4) is 0 Å². The first-order chi connectivity index (χ1) is 16.5. The number of hydrogen-bond acceptors (Lipinski definition) is 5. The molecule has 3 amide bonds. The Morgan fingerprint density at radius 2 is 1.88 bits per heavy atom. The molecule has 3 saturated heterocycles. The lowest BCUT2D eigenvalue weighted by molar-refractivity contribution is -0.145. The minimum atomic E-state index is -1.02. The van der Waals surface area contributed by atoms with Crippen LogP contribution in [0, 0.1) is 11.8 Å². The van der Waals surface area contributed by atoms with Gasteiger partial charge in [-0.1, -0.05) is 49.6 Å². The van der Waals surface area contributed by atoms with Crippen LogP contribution in [0.25, 0.3) is 0 Å². The van der Waals surface area contributed by atoms with Crippen molar-refractivity contribution < 1.29 is 24.2 Å². The van der Waals surface area contributed by atoms with Crippen LogP contribution >= 0.6 is 0 Å². The molecular weight excluding hydrogens is 434 g/mol. The zero-order valence-corrected chi connectivity index (χ0v) is 19.7. The summed E-state index contributed by atoms with van der Waals surface area (Å²) in [7, 11) is 0. The fourth-order valence-corrected chi connectivity index (χ4v) is 6.68. The molecule has 8 heteroatoms. The Labute approximate surface area is 200 Å². The van der Waals surface area contributed by atoms with E-state index in [1.807, 2.05) is 30.3 Å². The summed E-state index contributed by atoms with van der Waals surface area (Å²) >= 11 is 0. The van der Waals surface area contributed by atoms with Gasteiger partial charge in [0.1, 0.15) is 11.6 Å². The second-order valence-corrected chi connectivity index (χ2v) is 10.4. The lowest BCUT2D eigenvalue weighted by atomic mass is 9.70. The first kappa shape index (κ1) is 23.3. The fourth-order valence-electron chi connectivity index (χ4n) is 6.68. The Morgan fingerprint density at radius 3 is 2.59 bits per heavy atom. The van der Waals surface area contributed by atoms with E-state index in [-0.39, 0.29) is 36.5 Å². The topological polar surface area (TPSA) is 108 Å². The molecule has 2 unspecified atom stereocenters. The van der Waals surface area contributed by atoms with E-state index >= 15 is 0 Å². The van der Waals surface area contributed by atoms with E-state index in [4.69, 9.17) is 4.74 Å². The minimum Gasteiger partial charge on any atom is -0.394 e. The van der Waals surface area contributed by atoms with Gasteiger partial charge in [0.05, 0.1) is 30.6 Å². The molecule has 8 nitrogen and oxygen atoms in total. The van der Waals surface area contributed by atoms with Crippen LogP contribution in [0.15, 0.2) is 30.3 Å². The van der Waals surface area contributed by atoms with Crippen molar-refractivity contribution in [2.24, 2.45) is 11.8 Å². The molecule has 5 rings (SSSR count). The van der Waals surface area contributed by atoms with E-state index in [0.29, 0.717) is 19.4 Å². The lowest BCUT2D eigenvalue weighted by Crippen LogP contribution is -2.59. The molecule has 4 fully saturated rings. The molecule has 1 aromatic carbocycles. The van der Waals surface area contributed by atoms with Gasteiger partial charge in [-0.15, -0.1) is 0 Å². The molecular formula is C26H35N3O5. The average Bonchev–Trinajstić information content (AvgIpc) is 3.50. The molecule has 3 aliphatic heterocycles. The number of aliphatic hydroxyl groups is 1. The Hall–Kier alpha value is -2.45. The number of ether oxygens (including phenoxy) is 1. The second-order valence-electron chi connectivity index (χ2n) is 10.4. The molecule has 184 valence electrons. The Balaban J connectivity index is 1.40. The number of rotatable bonds is 7. The third-order valence-corrected chi connectivity index (χ3v) is 8.29. The summed E-state index contributed by atoms with van der Waals surface area (Å²) in [4.78, 5) is 42.2. The molecule has 1 aliphatic carbocycles. The number of hydrogen-bond donors (Lipinski definition) is 3. The molecule has 3 heterocycles.